The molecule has 1 atom stereocenters. The van der Waals surface area contributed by atoms with Crippen LogP contribution in [0.15, 0.2) is 42.9 Å². The van der Waals surface area contributed by atoms with E-state index in [4.69, 9.17) is 15.2 Å². The van der Waals surface area contributed by atoms with E-state index >= 15 is 0 Å². The first kappa shape index (κ1) is 25.4. The molecular formula is C24H33N5O5. The molecular weight excluding hydrogens is 438 g/mol. The summed E-state index contributed by atoms with van der Waals surface area (Å²) in [6.45, 7) is 5.38. The van der Waals surface area contributed by atoms with E-state index in [1.807, 2.05) is 30.3 Å². The molecule has 34 heavy (non-hydrogen) atoms. The van der Waals surface area contributed by atoms with Gasteiger partial charge in [0.05, 0.1) is 31.7 Å². The van der Waals surface area contributed by atoms with Gasteiger partial charge in [0, 0.05) is 6.20 Å². The highest BCUT2D eigenvalue weighted by Gasteiger charge is 2.47. The molecule has 1 saturated carbocycles. The number of ether oxygens (including phenoxy) is 2. The van der Waals surface area contributed by atoms with Crippen LogP contribution in [0.1, 0.15) is 45.6 Å². The number of imidazole rings is 1. The van der Waals surface area contributed by atoms with Gasteiger partial charge in [-0.3, -0.25) is 9.59 Å². The van der Waals surface area contributed by atoms with Crippen molar-refractivity contribution in [1.29, 1.82) is 0 Å². The number of amides is 2. The van der Waals surface area contributed by atoms with E-state index in [-0.39, 0.29) is 25.0 Å². The standard InChI is InChI=1S/C24H33N5O5/c1-4-34-22(32)24(11-8-12-24)29-13-19(26-16-29)28-20(30)18(27-21(31)23(2,3)25)15-33-14-17-9-6-5-7-10-17/h5-7,9-10,13,16,18H,4,8,11-12,14-15,25H2,1-3H3,(H,27,31)(H,28,30)/t18-/m1/s1. The average molecular weight is 472 g/mol. The lowest BCUT2D eigenvalue weighted by Gasteiger charge is -2.40. The van der Waals surface area contributed by atoms with E-state index in [0.717, 1.165) is 12.0 Å². The molecule has 1 heterocycles. The van der Waals surface area contributed by atoms with Gasteiger partial charge in [0.25, 0.3) is 5.91 Å². The fourth-order valence-electron chi connectivity index (χ4n) is 3.58. The minimum atomic E-state index is -1.17. The van der Waals surface area contributed by atoms with Crippen molar-refractivity contribution in [3.63, 3.8) is 0 Å². The molecule has 0 saturated heterocycles. The molecule has 2 aromatic rings. The lowest BCUT2D eigenvalue weighted by Crippen LogP contribution is -2.56. The smallest absolute Gasteiger partial charge is 0.332 e. The summed E-state index contributed by atoms with van der Waals surface area (Å²) in [5.41, 5.74) is 4.86. The first-order chi connectivity index (χ1) is 16.2. The van der Waals surface area contributed by atoms with Gasteiger partial charge < -0.3 is 30.4 Å². The topological polar surface area (TPSA) is 138 Å². The van der Waals surface area contributed by atoms with Crippen LogP contribution in [0.4, 0.5) is 5.82 Å². The zero-order chi connectivity index (χ0) is 24.8. The molecule has 3 rings (SSSR count). The maximum Gasteiger partial charge on any atom is 0.332 e. The summed E-state index contributed by atoms with van der Waals surface area (Å²) in [5, 5.41) is 5.35. The third kappa shape index (κ3) is 6.00. The maximum atomic E-state index is 13.0. The van der Waals surface area contributed by atoms with Gasteiger partial charge in [0.2, 0.25) is 5.91 Å². The van der Waals surface area contributed by atoms with Crippen molar-refractivity contribution in [2.75, 3.05) is 18.5 Å². The number of benzene rings is 1. The number of nitrogens with zero attached hydrogens (tertiary/aromatic N) is 2. The molecule has 1 aromatic heterocycles. The largest absolute Gasteiger partial charge is 0.464 e. The Kier molecular flexibility index (Phi) is 8.06. The van der Waals surface area contributed by atoms with E-state index in [1.54, 1.807) is 31.5 Å². The number of hydrogen-bond acceptors (Lipinski definition) is 7. The summed E-state index contributed by atoms with van der Waals surface area (Å²) < 4.78 is 12.6. The van der Waals surface area contributed by atoms with E-state index < -0.39 is 28.9 Å². The van der Waals surface area contributed by atoms with Crippen molar-refractivity contribution in [3.8, 4) is 0 Å². The van der Waals surface area contributed by atoms with Crippen LogP contribution in [0.5, 0.6) is 0 Å². The number of anilines is 1. The molecule has 0 bridgehead atoms. The molecule has 1 fully saturated rings. The van der Waals surface area contributed by atoms with E-state index in [2.05, 4.69) is 15.6 Å². The van der Waals surface area contributed by atoms with Crippen molar-refractivity contribution < 1.29 is 23.9 Å². The molecule has 10 heteroatoms. The first-order valence-electron chi connectivity index (χ1n) is 11.4. The van der Waals surface area contributed by atoms with E-state index in [1.165, 1.54) is 6.33 Å². The second-order valence-electron chi connectivity index (χ2n) is 9.01. The van der Waals surface area contributed by atoms with Gasteiger partial charge in [-0.1, -0.05) is 30.3 Å². The molecule has 4 N–H and O–H groups in total. The minimum Gasteiger partial charge on any atom is -0.464 e. The van der Waals surface area contributed by atoms with Crippen molar-refractivity contribution in [2.45, 2.75) is 63.8 Å². The summed E-state index contributed by atoms with van der Waals surface area (Å²) in [6.07, 6.45) is 5.31. The van der Waals surface area contributed by atoms with Crippen molar-refractivity contribution in [3.05, 3.63) is 48.4 Å². The predicted molar refractivity (Wildman–Crippen MR) is 126 cm³/mol. The average Bonchev–Trinajstić information content (AvgIpc) is 3.20. The van der Waals surface area contributed by atoms with Gasteiger partial charge in [0.1, 0.15) is 11.6 Å². The second kappa shape index (κ2) is 10.8. The predicted octanol–water partition coefficient (Wildman–Crippen LogP) is 1.70. The van der Waals surface area contributed by atoms with Crippen LogP contribution in [0.25, 0.3) is 0 Å². The van der Waals surface area contributed by atoms with Crippen LogP contribution in [0.2, 0.25) is 0 Å². The summed E-state index contributed by atoms with van der Waals surface area (Å²) >= 11 is 0. The van der Waals surface area contributed by atoms with Crippen molar-refractivity contribution in [1.82, 2.24) is 14.9 Å². The quantitative estimate of drug-likeness (QED) is 0.424. The van der Waals surface area contributed by atoms with Gasteiger partial charge in [-0.15, -0.1) is 0 Å². The number of aromatic nitrogens is 2. The van der Waals surface area contributed by atoms with E-state index in [0.29, 0.717) is 19.4 Å². The Morgan fingerprint density at radius 1 is 1.24 bits per heavy atom. The molecule has 1 aliphatic rings. The lowest BCUT2D eigenvalue weighted by atomic mass is 9.76. The van der Waals surface area contributed by atoms with Crippen LogP contribution >= 0.6 is 0 Å². The van der Waals surface area contributed by atoms with Gasteiger partial charge in [-0.05, 0) is 45.6 Å². The van der Waals surface area contributed by atoms with Gasteiger partial charge in [-0.25, -0.2) is 9.78 Å². The van der Waals surface area contributed by atoms with Gasteiger partial charge >= 0.3 is 5.97 Å². The van der Waals surface area contributed by atoms with Gasteiger partial charge in [0.15, 0.2) is 5.82 Å². The van der Waals surface area contributed by atoms with Crippen LogP contribution < -0.4 is 16.4 Å². The van der Waals surface area contributed by atoms with E-state index in [9.17, 15) is 14.4 Å². The molecule has 10 nitrogen and oxygen atoms in total. The number of hydrogen-bond donors (Lipinski definition) is 3. The first-order valence-corrected chi connectivity index (χ1v) is 11.4. The Balaban J connectivity index is 1.68. The molecule has 0 spiro atoms. The highest BCUT2D eigenvalue weighted by Crippen LogP contribution is 2.40. The third-order valence-electron chi connectivity index (χ3n) is 5.77. The number of carbonyl (C=O) groups excluding carboxylic acids is 3. The lowest BCUT2D eigenvalue weighted by molar-refractivity contribution is -0.159. The third-order valence-corrected chi connectivity index (χ3v) is 5.77. The second-order valence-corrected chi connectivity index (χ2v) is 9.01. The normalized spacial score (nSPS) is 15.6. The number of nitrogens with one attached hydrogen (secondary N) is 2. The minimum absolute atomic E-state index is 0.0595. The SMILES string of the molecule is CCOC(=O)C1(n2cnc(NC(=O)[C@@H](COCc3ccccc3)NC(=O)C(C)(C)N)c2)CCC1. The molecule has 0 aliphatic heterocycles. The molecule has 2 amide bonds. The van der Waals surface area contributed by atoms with Crippen LogP contribution in [-0.2, 0) is 36.0 Å². The number of esters is 1. The van der Waals surface area contributed by atoms with Gasteiger partial charge in [-0.2, -0.15) is 0 Å². The molecule has 0 radical (unpaired) electrons. The van der Waals surface area contributed by atoms with Crippen molar-refractivity contribution in [2.24, 2.45) is 5.73 Å². The Hall–Kier alpha value is -3.24. The molecule has 1 aromatic carbocycles. The number of rotatable bonds is 11. The van der Waals surface area contributed by atoms with Crippen LogP contribution in [-0.4, -0.2) is 52.1 Å². The monoisotopic (exact) mass is 471 g/mol. The molecule has 0 unspecified atom stereocenters. The summed E-state index contributed by atoms with van der Waals surface area (Å²) in [4.78, 5) is 42.2. The highest BCUT2D eigenvalue weighted by molar-refractivity contribution is 5.98. The fourth-order valence-corrected chi connectivity index (χ4v) is 3.58. The number of carbonyl (C=O) groups is 3. The Labute approximate surface area is 199 Å². The van der Waals surface area contributed by atoms with Crippen LogP contribution in [0.3, 0.4) is 0 Å². The highest BCUT2D eigenvalue weighted by atomic mass is 16.5. The summed E-state index contributed by atoms with van der Waals surface area (Å²) in [6, 6.07) is 8.50. The molecule has 1 aliphatic carbocycles. The Morgan fingerprint density at radius 3 is 2.53 bits per heavy atom. The van der Waals surface area contributed by atoms with Crippen LogP contribution in [0, 0.1) is 0 Å². The number of nitrogens with two attached hydrogens (primary N) is 1. The maximum absolute atomic E-state index is 13.0. The zero-order valence-corrected chi connectivity index (χ0v) is 19.9. The summed E-state index contributed by atoms with van der Waals surface area (Å²) in [5.74, 6) is -1.04. The van der Waals surface area contributed by atoms with Crippen molar-refractivity contribution >= 4 is 23.6 Å². The Morgan fingerprint density at radius 2 is 1.94 bits per heavy atom. The Bertz CT molecular complexity index is 995. The zero-order valence-electron chi connectivity index (χ0n) is 19.9. The molecule has 184 valence electrons. The summed E-state index contributed by atoms with van der Waals surface area (Å²) in [7, 11) is 0. The fraction of sp³-hybridized carbons (Fsp3) is 0.500.